The number of hydrogen-bond donors (Lipinski definition) is 1. The Morgan fingerprint density at radius 1 is 1.50 bits per heavy atom. The van der Waals surface area contributed by atoms with Gasteiger partial charge in [0.1, 0.15) is 5.54 Å². The normalized spacial score (nSPS) is 27.9. The summed E-state index contributed by atoms with van der Waals surface area (Å²) in [6, 6.07) is 2.06. The highest BCUT2D eigenvalue weighted by Gasteiger charge is 2.39. The van der Waals surface area contributed by atoms with E-state index in [0.29, 0.717) is 5.78 Å². The summed E-state index contributed by atoms with van der Waals surface area (Å²) in [5.41, 5.74) is 0.771. The number of thiophene rings is 1. The molecular weight excluding hydrogens is 194 g/mol. The van der Waals surface area contributed by atoms with Gasteiger partial charge in [0, 0.05) is 6.42 Å². The quantitative estimate of drug-likeness (QED) is 0.809. The van der Waals surface area contributed by atoms with Crippen LogP contribution < -0.4 is 5.32 Å². The van der Waals surface area contributed by atoms with Gasteiger partial charge in [0.25, 0.3) is 0 Å². The van der Waals surface area contributed by atoms with Crippen molar-refractivity contribution in [2.75, 3.05) is 7.05 Å². The van der Waals surface area contributed by atoms with E-state index >= 15 is 0 Å². The standard InChI is InChI=1S/C11H15NOS/c1-12-11(9-5-7-14-8-9)6-3-2-4-10(11)13/h5,7-8,12H,2-4,6H2,1H3/t11-/m0/s1. The molecule has 0 saturated heterocycles. The number of nitrogens with one attached hydrogen (secondary N) is 1. The first kappa shape index (κ1) is 9.87. The fraction of sp³-hybridized carbons (Fsp3) is 0.545. The Labute approximate surface area is 88.3 Å². The van der Waals surface area contributed by atoms with Crippen LogP contribution in [-0.2, 0) is 10.3 Å². The summed E-state index contributed by atoms with van der Waals surface area (Å²) in [5.74, 6) is 0.352. The second kappa shape index (κ2) is 3.83. The maximum atomic E-state index is 12.0. The number of ketones is 1. The van der Waals surface area contributed by atoms with Crippen LogP contribution >= 0.6 is 11.3 Å². The number of hydrogen-bond acceptors (Lipinski definition) is 3. The van der Waals surface area contributed by atoms with Crippen molar-refractivity contribution in [3.8, 4) is 0 Å². The Bertz CT molecular complexity index is 320. The third kappa shape index (κ3) is 1.41. The van der Waals surface area contributed by atoms with Gasteiger partial charge in [-0.05, 0) is 42.3 Å². The van der Waals surface area contributed by atoms with E-state index in [1.807, 2.05) is 12.4 Å². The van der Waals surface area contributed by atoms with Crippen LogP contribution in [0, 0.1) is 0 Å². The summed E-state index contributed by atoms with van der Waals surface area (Å²) in [6.07, 6.45) is 3.85. The van der Waals surface area contributed by atoms with Gasteiger partial charge in [-0.1, -0.05) is 6.42 Å². The molecule has 3 heteroatoms. The van der Waals surface area contributed by atoms with E-state index in [4.69, 9.17) is 0 Å². The minimum Gasteiger partial charge on any atom is -0.304 e. The average Bonchev–Trinajstić information content (AvgIpc) is 2.72. The fourth-order valence-electron chi connectivity index (χ4n) is 2.25. The molecule has 1 N–H and O–H groups in total. The molecule has 0 bridgehead atoms. The highest BCUT2D eigenvalue weighted by atomic mass is 32.1. The van der Waals surface area contributed by atoms with E-state index in [0.717, 1.165) is 31.2 Å². The van der Waals surface area contributed by atoms with E-state index in [9.17, 15) is 4.79 Å². The zero-order valence-corrected chi connectivity index (χ0v) is 9.19. The molecule has 76 valence electrons. The molecule has 1 atom stereocenters. The highest BCUT2D eigenvalue weighted by molar-refractivity contribution is 7.08. The summed E-state index contributed by atoms with van der Waals surface area (Å²) in [7, 11) is 1.89. The Kier molecular flexibility index (Phi) is 2.70. The van der Waals surface area contributed by atoms with Gasteiger partial charge in [-0.15, -0.1) is 0 Å². The van der Waals surface area contributed by atoms with Gasteiger partial charge in [0.05, 0.1) is 0 Å². The van der Waals surface area contributed by atoms with Crippen LogP contribution in [0.2, 0.25) is 0 Å². The molecule has 0 amide bonds. The first-order chi connectivity index (χ1) is 6.79. The van der Waals surface area contributed by atoms with Crippen molar-refractivity contribution in [1.29, 1.82) is 0 Å². The van der Waals surface area contributed by atoms with Gasteiger partial charge in [0.15, 0.2) is 5.78 Å². The van der Waals surface area contributed by atoms with Gasteiger partial charge < -0.3 is 5.32 Å². The molecule has 14 heavy (non-hydrogen) atoms. The second-order valence-electron chi connectivity index (χ2n) is 3.80. The minimum atomic E-state index is -0.377. The molecule has 1 aromatic heterocycles. The van der Waals surface area contributed by atoms with E-state index in [1.165, 1.54) is 0 Å². The van der Waals surface area contributed by atoms with E-state index in [2.05, 4.69) is 16.8 Å². The number of likely N-dealkylation sites (N-methyl/N-ethyl adjacent to an activating group) is 1. The lowest BCUT2D eigenvalue weighted by molar-refractivity contribution is -0.127. The van der Waals surface area contributed by atoms with Gasteiger partial charge in [-0.3, -0.25) is 4.79 Å². The first-order valence-corrected chi connectivity index (χ1v) is 5.99. The van der Waals surface area contributed by atoms with Gasteiger partial charge >= 0.3 is 0 Å². The molecule has 1 aliphatic carbocycles. The van der Waals surface area contributed by atoms with Gasteiger partial charge in [0.2, 0.25) is 0 Å². The van der Waals surface area contributed by atoms with Crippen LogP contribution in [0.1, 0.15) is 31.2 Å². The fourth-order valence-corrected chi connectivity index (χ4v) is 2.98. The number of carbonyl (C=O) groups excluding carboxylic acids is 1. The van der Waals surface area contributed by atoms with E-state index < -0.39 is 0 Å². The number of rotatable bonds is 2. The lowest BCUT2D eigenvalue weighted by atomic mass is 9.77. The van der Waals surface area contributed by atoms with Crippen LogP contribution in [0.25, 0.3) is 0 Å². The Morgan fingerprint density at radius 3 is 2.93 bits per heavy atom. The Morgan fingerprint density at radius 2 is 2.36 bits per heavy atom. The molecule has 0 aromatic carbocycles. The topological polar surface area (TPSA) is 29.1 Å². The third-order valence-electron chi connectivity index (χ3n) is 3.12. The molecule has 1 saturated carbocycles. The highest BCUT2D eigenvalue weighted by Crippen LogP contribution is 2.34. The zero-order valence-electron chi connectivity index (χ0n) is 8.38. The molecule has 1 aliphatic rings. The maximum absolute atomic E-state index is 12.0. The van der Waals surface area contributed by atoms with Crippen molar-refractivity contribution < 1.29 is 4.79 Å². The Hall–Kier alpha value is -0.670. The molecule has 0 aliphatic heterocycles. The molecule has 1 fully saturated rings. The summed E-state index contributed by atoms with van der Waals surface area (Å²) in [6.45, 7) is 0. The van der Waals surface area contributed by atoms with Crippen molar-refractivity contribution in [3.63, 3.8) is 0 Å². The molecule has 2 nitrogen and oxygen atoms in total. The molecule has 1 heterocycles. The van der Waals surface area contributed by atoms with Gasteiger partial charge in [-0.2, -0.15) is 11.3 Å². The smallest absolute Gasteiger partial charge is 0.157 e. The minimum absolute atomic E-state index is 0.352. The van der Waals surface area contributed by atoms with Crippen molar-refractivity contribution in [2.24, 2.45) is 0 Å². The van der Waals surface area contributed by atoms with Crippen molar-refractivity contribution >= 4 is 17.1 Å². The molecular formula is C11H15NOS. The predicted octanol–water partition coefficient (Wildman–Crippen LogP) is 2.31. The second-order valence-corrected chi connectivity index (χ2v) is 4.58. The molecule has 0 unspecified atom stereocenters. The van der Waals surface area contributed by atoms with Crippen LogP contribution in [-0.4, -0.2) is 12.8 Å². The SMILES string of the molecule is CN[C@]1(c2ccsc2)CCCCC1=O. The van der Waals surface area contributed by atoms with Gasteiger partial charge in [-0.25, -0.2) is 0 Å². The lowest BCUT2D eigenvalue weighted by Gasteiger charge is -2.35. The van der Waals surface area contributed by atoms with E-state index in [1.54, 1.807) is 11.3 Å². The zero-order chi connectivity index (χ0) is 10.0. The lowest BCUT2D eigenvalue weighted by Crippen LogP contribution is -2.48. The summed E-state index contributed by atoms with van der Waals surface area (Å²) < 4.78 is 0. The van der Waals surface area contributed by atoms with Crippen LogP contribution in [0.5, 0.6) is 0 Å². The first-order valence-electron chi connectivity index (χ1n) is 5.04. The molecule has 2 rings (SSSR count). The van der Waals surface area contributed by atoms with Crippen molar-refractivity contribution in [3.05, 3.63) is 22.4 Å². The van der Waals surface area contributed by atoms with Crippen molar-refractivity contribution in [2.45, 2.75) is 31.2 Å². The van der Waals surface area contributed by atoms with Crippen LogP contribution in [0.4, 0.5) is 0 Å². The van der Waals surface area contributed by atoms with Crippen LogP contribution in [0.15, 0.2) is 16.8 Å². The summed E-state index contributed by atoms with van der Waals surface area (Å²) >= 11 is 1.66. The van der Waals surface area contributed by atoms with Crippen LogP contribution in [0.3, 0.4) is 0 Å². The average molecular weight is 209 g/mol. The Balaban J connectivity index is 2.37. The van der Waals surface area contributed by atoms with Crippen molar-refractivity contribution in [1.82, 2.24) is 5.32 Å². The number of carbonyl (C=O) groups is 1. The predicted molar refractivity (Wildman–Crippen MR) is 58.5 cm³/mol. The summed E-state index contributed by atoms with van der Waals surface area (Å²) in [4.78, 5) is 12.0. The molecule has 0 radical (unpaired) electrons. The maximum Gasteiger partial charge on any atom is 0.157 e. The molecule has 0 spiro atoms. The molecule has 1 aromatic rings. The monoisotopic (exact) mass is 209 g/mol. The largest absolute Gasteiger partial charge is 0.304 e. The number of Topliss-reactive ketones (excluding diaryl/α,β-unsaturated/α-hetero) is 1. The summed E-state index contributed by atoms with van der Waals surface area (Å²) in [5, 5.41) is 7.35. The van der Waals surface area contributed by atoms with E-state index in [-0.39, 0.29) is 5.54 Å². The third-order valence-corrected chi connectivity index (χ3v) is 3.81.